The maximum Gasteiger partial charge on any atom is 0.224 e. The largest absolute Gasteiger partial charge is 0.497 e. The van der Waals surface area contributed by atoms with Crippen LogP contribution in [0.2, 0.25) is 5.02 Å². The van der Waals surface area contributed by atoms with Gasteiger partial charge in [0.25, 0.3) is 0 Å². The van der Waals surface area contributed by atoms with Gasteiger partial charge in [-0.3, -0.25) is 4.79 Å². The molecule has 0 bridgehead atoms. The van der Waals surface area contributed by atoms with Crippen molar-refractivity contribution in [1.29, 1.82) is 0 Å². The highest BCUT2D eigenvalue weighted by molar-refractivity contribution is 6.32. The van der Waals surface area contributed by atoms with Crippen molar-refractivity contribution < 1.29 is 14.3 Å². The Hall–Kier alpha value is -2.20. The first-order chi connectivity index (χ1) is 10.6. The number of hydrogen-bond donors (Lipinski definition) is 1. The Morgan fingerprint density at radius 3 is 2.64 bits per heavy atom. The summed E-state index contributed by atoms with van der Waals surface area (Å²) in [6.45, 7) is 0. The van der Waals surface area contributed by atoms with Crippen LogP contribution in [0.5, 0.6) is 11.5 Å². The Kier molecular flexibility index (Phi) is 5.67. The van der Waals surface area contributed by atoms with Gasteiger partial charge in [0.05, 0.1) is 19.2 Å². The van der Waals surface area contributed by atoms with E-state index in [0.29, 0.717) is 35.1 Å². The quantitative estimate of drug-likeness (QED) is 0.877. The van der Waals surface area contributed by atoms with Gasteiger partial charge in [-0.15, -0.1) is 0 Å². The van der Waals surface area contributed by atoms with Crippen LogP contribution < -0.4 is 14.8 Å². The van der Waals surface area contributed by atoms with Crippen molar-refractivity contribution in [2.24, 2.45) is 0 Å². The Labute approximate surface area is 135 Å². The topological polar surface area (TPSA) is 47.6 Å². The molecule has 0 saturated heterocycles. The molecule has 2 aromatic rings. The monoisotopic (exact) mass is 319 g/mol. The lowest BCUT2D eigenvalue weighted by Gasteiger charge is -2.09. The number of methoxy groups -OCH3 is 2. The van der Waals surface area contributed by atoms with Gasteiger partial charge in [-0.25, -0.2) is 0 Å². The predicted molar refractivity (Wildman–Crippen MR) is 87.9 cm³/mol. The van der Waals surface area contributed by atoms with Crippen molar-refractivity contribution in [2.45, 2.75) is 12.8 Å². The summed E-state index contributed by atoms with van der Waals surface area (Å²) in [4.78, 5) is 12.0. The van der Waals surface area contributed by atoms with Gasteiger partial charge in [0.2, 0.25) is 5.91 Å². The maximum absolute atomic E-state index is 12.0. The molecule has 4 nitrogen and oxygen atoms in total. The third-order valence-electron chi connectivity index (χ3n) is 3.24. The van der Waals surface area contributed by atoms with E-state index in [0.717, 1.165) is 5.56 Å². The third-order valence-corrected chi connectivity index (χ3v) is 3.67. The average Bonchev–Trinajstić information content (AvgIpc) is 2.54. The number of amides is 1. The first-order valence-electron chi connectivity index (χ1n) is 6.89. The molecule has 5 heteroatoms. The number of anilines is 1. The predicted octanol–water partition coefficient (Wildman–Crippen LogP) is 3.93. The zero-order valence-corrected chi connectivity index (χ0v) is 13.3. The molecule has 0 fully saturated rings. The lowest BCUT2D eigenvalue weighted by molar-refractivity contribution is -0.116. The van der Waals surface area contributed by atoms with Crippen LogP contribution in [-0.4, -0.2) is 20.1 Å². The molecule has 0 radical (unpaired) electrons. The fourth-order valence-corrected chi connectivity index (χ4v) is 2.38. The summed E-state index contributed by atoms with van der Waals surface area (Å²) in [7, 11) is 3.16. The number of halogens is 1. The first-order valence-corrected chi connectivity index (χ1v) is 7.27. The highest BCUT2D eigenvalue weighted by Crippen LogP contribution is 2.28. The summed E-state index contributed by atoms with van der Waals surface area (Å²) < 4.78 is 10.3. The van der Waals surface area contributed by atoms with Crippen molar-refractivity contribution in [3.05, 3.63) is 53.1 Å². The lowest BCUT2D eigenvalue weighted by Crippen LogP contribution is -2.12. The van der Waals surface area contributed by atoms with Crippen LogP contribution in [0, 0.1) is 0 Å². The molecule has 116 valence electrons. The Morgan fingerprint density at radius 2 is 1.91 bits per heavy atom. The van der Waals surface area contributed by atoms with Crippen LogP contribution in [0.4, 0.5) is 5.69 Å². The van der Waals surface area contributed by atoms with Gasteiger partial charge in [-0.1, -0.05) is 29.8 Å². The lowest BCUT2D eigenvalue weighted by atomic mass is 10.1. The number of carbonyl (C=O) groups is 1. The molecule has 1 N–H and O–H groups in total. The van der Waals surface area contributed by atoms with Crippen LogP contribution in [0.3, 0.4) is 0 Å². The molecule has 0 heterocycles. The van der Waals surface area contributed by atoms with Gasteiger partial charge < -0.3 is 14.8 Å². The summed E-state index contributed by atoms with van der Waals surface area (Å²) in [6.07, 6.45) is 0.885. The smallest absolute Gasteiger partial charge is 0.224 e. The van der Waals surface area contributed by atoms with E-state index in [1.165, 1.54) is 0 Å². The van der Waals surface area contributed by atoms with Crippen LogP contribution in [0.25, 0.3) is 0 Å². The Balaban J connectivity index is 1.95. The molecule has 2 aromatic carbocycles. The highest BCUT2D eigenvalue weighted by atomic mass is 35.5. The van der Waals surface area contributed by atoms with E-state index in [-0.39, 0.29) is 5.91 Å². The average molecular weight is 320 g/mol. The van der Waals surface area contributed by atoms with Crippen molar-refractivity contribution in [2.75, 3.05) is 19.5 Å². The van der Waals surface area contributed by atoms with Crippen molar-refractivity contribution in [1.82, 2.24) is 0 Å². The molecule has 0 aromatic heterocycles. The molecule has 1 amide bonds. The molecule has 0 saturated carbocycles. The minimum atomic E-state index is -0.0767. The third kappa shape index (κ3) is 4.15. The fourth-order valence-electron chi connectivity index (χ4n) is 2.08. The summed E-state index contributed by atoms with van der Waals surface area (Å²) in [5.41, 5.74) is 1.60. The number of hydrogen-bond acceptors (Lipinski definition) is 3. The van der Waals surface area contributed by atoms with E-state index in [2.05, 4.69) is 5.32 Å². The van der Waals surface area contributed by atoms with Crippen LogP contribution in [0.1, 0.15) is 12.0 Å². The zero-order valence-electron chi connectivity index (χ0n) is 12.6. The number of rotatable bonds is 6. The van der Waals surface area contributed by atoms with Crippen molar-refractivity contribution in [3.8, 4) is 11.5 Å². The van der Waals surface area contributed by atoms with Gasteiger partial charge in [0, 0.05) is 18.2 Å². The first kappa shape index (κ1) is 16.2. The van der Waals surface area contributed by atoms with Crippen molar-refractivity contribution in [3.63, 3.8) is 0 Å². The van der Waals surface area contributed by atoms with E-state index in [1.54, 1.807) is 26.4 Å². The van der Waals surface area contributed by atoms with Crippen molar-refractivity contribution >= 4 is 23.2 Å². The summed E-state index contributed by atoms with van der Waals surface area (Å²) in [5.74, 6) is 1.24. The molecular weight excluding hydrogens is 302 g/mol. The van der Waals surface area contributed by atoms with Gasteiger partial charge in [0.1, 0.15) is 11.5 Å². The minimum absolute atomic E-state index is 0.0767. The van der Waals surface area contributed by atoms with Gasteiger partial charge in [-0.05, 0) is 30.2 Å². The normalized spacial score (nSPS) is 10.1. The molecular formula is C17H18ClNO3. The van der Waals surface area contributed by atoms with Gasteiger partial charge >= 0.3 is 0 Å². The van der Waals surface area contributed by atoms with E-state index in [1.807, 2.05) is 30.3 Å². The molecule has 22 heavy (non-hydrogen) atoms. The van der Waals surface area contributed by atoms with Gasteiger partial charge in [-0.2, -0.15) is 0 Å². The summed E-state index contributed by atoms with van der Waals surface area (Å²) in [5, 5.41) is 3.40. The molecule has 2 rings (SSSR count). The summed E-state index contributed by atoms with van der Waals surface area (Å²) >= 11 is 6.22. The number of aryl methyl sites for hydroxylation is 1. The zero-order chi connectivity index (χ0) is 15.9. The number of benzene rings is 2. The molecule has 0 aliphatic heterocycles. The van der Waals surface area contributed by atoms with Gasteiger partial charge in [0.15, 0.2) is 0 Å². The number of nitrogens with one attached hydrogen (secondary N) is 1. The fraction of sp³-hybridized carbons (Fsp3) is 0.235. The Bertz CT molecular complexity index is 658. The molecule has 0 aliphatic carbocycles. The SMILES string of the molecule is COc1cccc(NC(=O)CCc2cccc(OC)c2Cl)c1. The minimum Gasteiger partial charge on any atom is -0.497 e. The Morgan fingerprint density at radius 1 is 1.14 bits per heavy atom. The molecule has 0 atom stereocenters. The highest BCUT2D eigenvalue weighted by Gasteiger charge is 2.09. The van der Waals surface area contributed by atoms with E-state index in [9.17, 15) is 4.79 Å². The molecule has 0 aliphatic rings. The van der Waals surface area contributed by atoms with Crippen LogP contribution in [-0.2, 0) is 11.2 Å². The van der Waals surface area contributed by atoms with E-state index in [4.69, 9.17) is 21.1 Å². The van der Waals surface area contributed by atoms with Crippen LogP contribution in [0.15, 0.2) is 42.5 Å². The standard InChI is InChI=1S/C17H18ClNO3/c1-21-14-7-4-6-13(11-14)19-16(20)10-9-12-5-3-8-15(22-2)17(12)18/h3-8,11H,9-10H2,1-2H3,(H,19,20). The second-order valence-corrected chi connectivity index (χ2v) is 5.09. The van der Waals surface area contributed by atoms with E-state index >= 15 is 0 Å². The number of carbonyl (C=O) groups excluding carboxylic acids is 1. The molecule has 0 unspecified atom stereocenters. The second-order valence-electron chi connectivity index (χ2n) is 4.71. The second kappa shape index (κ2) is 7.71. The maximum atomic E-state index is 12.0. The number of ether oxygens (including phenoxy) is 2. The van der Waals surface area contributed by atoms with E-state index < -0.39 is 0 Å². The summed E-state index contributed by atoms with van der Waals surface area (Å²) in [6, 6.07) is 12.8. The molecule has 0 spiro atoms. The van der Waals surface area contributed by atoms with Crippen LogP contribution >= 0.6 is 11.6 Å².